The van der Waals surface area contributed by atoms with Gasteiger partial charge in [0, 0.05) is 13.6 Å². The van der Waals surface area contributed by atoms with E-state index in [9.17, 15) is 19.2 Å². The van der Waals surface area contributed by atoms with E-state index in [1.807, 2.05) is 12.1 Å². The second-order valence-corrected chi connectivity index (χ2v) is 7.58. The number of imide groups is 1. The number of amides is 3. The van der Waals surface area contributed by atoms with Gasteiger partial charge < -0.3 is 14.4 Å². The minimum Gasteiger partial charge on any atom is -0.497 e. The fourth-order valence-electron chi connectivity index (χ4n) is 2.95. The van der Waals surface area contributed by atoms with Crippen molar-refractivity contribution in [1.29, 1.82) is 0 Å². The summed E-state index contributed by atoms with van der Waals surface area (Å²) in [5.41, 5.74) is 0.983. The maximum atomic E-state index is 12.4. The summed E-state index contributed by atoms with van der Waals surface area (Å²) >= 11 is 11.8. The van der Waals surface area contributed by atoms with E-state index < -0.39 is 36.8 Å². The van der Waals surface area contributed by atoms with Crippen molar-refractivity contribution < 1.29 is 28.7 Å². The van der Waals surface area contributed by atoms with Gasteiger partial charge in [0.15, 0.2) is 6.61 Å². The summed E-state index contributed by atoms with van der Waals surface area (Å²) in [7, 11) is 3.13. The summed E-state index contributed by atoms with van der Waals surface area (Å²) in [6, 6.07) is 9.74. The zero-order valence-corrected chi connectivity index (χ0v) is 18.2. The molecule has 0 N–H and O–H groups in total. The quantitative estimate of drug-likeness (QED) is 0.461. The Bertz CT molecular complexity index is 1010. The first-order chi connectivity index (χ1) is 14.7. The average molecular weight is 465 g/mol. The van der Waals surface area contributed by atoms with Crippen molar-refractivity contribution in [2.45, 2.75) is 6.54 Å². The van der Waals surface area contributed by atoms with Crippen molar-refractivity contribution in [3.8, 4) is 5.75 Å². The van der Waals surface area contributed by atoms with E-state index in [2.05, 4.69) is 0 Å². The molecule has 0 aromatic heterocycles. The number of esters is 1. The molecule has 0 bridgehead atoms. The van der Waals surface area contributed by atoms with Crippen molar-refractivity contribution in [1.82, 2.24) is 9.80 Å². The van der Waals surface area contributed by atoms with Gasteiger partial charge in [-0.25, -0.2) is 0 Å². The standard InChI is InChI=1S/C21H18Cl2N2O6/c1-24(9-12-3-5-13(30-2)6-4-12)18(26)11-31-19(27)10-25-20(28)14-7-16(22)17(23)8-15(14)21(25)29/h3-8H,9-11H2,1-2H3. The van der Waals surface area contributed by atoms with Crippen LogP contribution in [0.4, 0.5) is 0 Å². The van der Waals surface area contributed by atoms with E-state index in [-0.39, 0.29) is 21.2 Å². The average Bonchev–Trinajstić information content (AvgIpc) is 2.97. The van der Waals surface area contributed by atoms with Crippen LogP contribution < -0.4 is 4.74 Å². The first-order valence-electron chi connectivity index (χ1n) is 9.09. The van der Waals surface area contributed by atoms with Gasteiger partial charge in [-0.15, -0.1) is 0 Å². The second-order valence-electron chi connectivity index (χ2n) is 6.77. The molecule has 2 aromatic rings. The van der Waals surface area contributed by atoms with Crippen molar-refractivity contribution in [3.63, 3.8) is 0 Å². The molecule has 2 aromatic carbocycles. The summed E-state index contributed by atoms with van der Waals surface area (Å²) < 4.78 is 10.0. The maximum absolute atomic E-state index is 12.4. The van der Waals surface area contributed by atoms with E-state index in [4.69, 9.17) is 32.7 Å². The number of fused-ring (bicyclic) bond motifs is 1. The number of nitrogens with zero attached hydrogens (tertiary/aromatic N) is 2. The zero-order valence-electron chi connectivity index (χ0n) is 16.7. The number of methoxy groups -OCH3 is 1. The number of benzene rings is 2. The van der Waals surface area contributed by atoms with Crippen LogP contribution in [0.1, 0.15) is 26.3 Å². The molecule has 1 aliphatic heterocycles. The van der Waals surface area contributed by atoms with Crippen LogP contribution in [-0.4, -0.2) is 60.8 Å². The summed E-state index contributed by atoms with van der Waals surface area (Å²) in [6.07, 6.45) is 0. The van der Waals surface area contributed by atoms with Crippen molar-refractivity contribution in [2.24, 2.45) is 0 Å². The van der Waals surface area contributed by atoms with E-state index in [1.54, 1.807) is 26.3 Å². The topological polar surface area (TPSA) is 93.2 Å². The molecule has 0 aliphatic carbocycles. The SMILES string of the molecule is COc1ccc(CN(C)C(=O)COC(=O)CN2C(=O)c3cc(Cl)c(Cl)cc3C2=O)cc1. The fourth-order valence-corrected chi connectivity index (χ4v) is 3.27. The summed E-state index contributed by atoms with van der Waals surface area (Å²) in [5.74, 6) is -2.00. The minimum atomic E-state index is -0.891. The lowest BCUT2D eigenvalue weighted by molar-refractivity contribution is -0.151. The highest BCUT2D eigenvalue weighted by molar-refractivity contribution is 6.43. The highest BCUT2D eigenvalue weighted by atomic mass is 35.5. The number of rotatable bonds is 7. The van der Waals surface area contributed by atoms with Gasteiger partial charge in [0.2, 0.25) is 0 Å². The number of carbonyl (C=O) groups is 4. The predicted octanol–water partition coefficient (Wildman–Crippen LogP) is 2.80. The Morgan fingerprint density at radius 1 is 1.00 bits per heavy atom. The van der Waals surface area contributed by atoms with Crippen LogP contribution in [-0.2, 0) is 20.9 Å². The lowest BCUT2D eigenvalue weighted by Crippen LogP contribution is -2.37. The van der Waals surface area contributed by atoms with Crippen molar-refractivity contribution in [2.75, 3.05) is 27.3 Å². The number of hydrogen-bond acceptors (Lipinski definition) is 6. The van der Waals surface area contributed by atoms with Crippen LogP contribution in [0, 0.1) is 0 Å². The molecule has 1 aliphatic rings. The van der Waals surface area contributed by atoms with Gasteiger partial charge in [-0.2, -0.15) is 0 Å². The predicted molar refractivity (Wildman–Crippen MR) is 112 cm³/mol. The van der Waals surface area contributed by atoms with E-state index >= 15 is 0 Å². The highest BCUT2D eigenvalue weighted by Crippen LogP contribution is 2.31. The molecule has 31 heavy (non-hydrogen) atoms. The summed E-state index contributed by atoms with van der Waals surface area (Å²) in [5, 5.41) is 0.243. The number of carbonyl (C=O) groups excluding carboxylic acids is 4. The van der Waals surface area contributed by atoms with Gasteiger partial charge in [-0.05, 0) is 29.8 Å². The largest absolute Gasteiger partial charge is 0.497 e. The zero-order chi connectivity index (χ0) is 22.7. The van der Waals surface area contributed by atoms with Crippen LogP contribution in [0.3, 0.4) is 0 Å². The molecule has 0 unspecified atom stereocenters. The molecule has 0 spiro atoms. The Kier molecular flexibility index (Phi) is 6.82. The number of ether oxygens (including phenoxy) is 2. The van der Waals surface area contributed by atoms with E-state index in [0.29, 0.717) is 12.3 Å². The van der Waals surface area contributed by atoms with Gasteiger partial charge in [0.05, 0.1) is 28.3 Å². The van der Waals surface area contributed by atoms with Crippen LogP contribution >= 0.6 is 23.2 Å². The van der Waals surface area contributed by atoms with Crippen LogP contribution in [0.15, 0.2) is 36.4 Å². The van der Waals surface area contributed by atoms with Crippen LogP contribution in [0.5, 0.6) is 5.75 Å². The van der Waals surface area contributed by atoms with Gasteiger partial charge in [-0.1, -0.05) is 35.3 Å². The fraction of sp³-hybridized carbons (Fsp3) is 0.238. The lowest BCUT2D eigenvalue weighted by atomic mass is 10.1. The van der Waals surface area contributed by atoms with E-state index in [0.717, 1.165) is 10.5 Å². The molecular weight excluding hydrogens is 447 g/mol. The third-order valence-electron chi connectivity index (χ3n) is 4.66. The Balaban J connectivity index is 1.53. The Morgan fingerprint density at radius 3 is 2.06 bits per heavy atom. The molecule has 1 heterocycles. The lowest BCUT2D eigenvalue weighted by Gasteiger charge is -2.18. The molecule has 0 radical (unpaired) electrons. The molecule has 10 heteroatoms. The second kappa shape index (κ2) is 9.36. The highest BCUT2D eigenvalue weighted by Gasteiger charge is 2.37. The molecule has 0 atom stereocenters. The third kappa shape index (κ3) is 4.98. The third-order valence-corrected chi connectivity index (χ3v) is 5.38. The molecule has 0 saturated carbocycles. The van der Waals surface area contributed by atoms with Crippen molar-refractivity contribution >= 4 is 46.9 Å². The molecule has 3 rings (SSSR count). The van der Waals surface area contributed by atoms with Gasteiger partial charge in [0.1, 0.15) is 12.3 Å². The van der Waals surface area contributed by atoms with Gasteiger partial charge in [0.25, 0.3) is 17.7 Å². The molecule has 0 fully saturated rings. The minimum absolute atomic E-state index is 0.0579. The first kappa shape index (κ1) is 22.6. The molecule has 162 valence electrons. The number of hydrogen-bond donors (Lipinski definition) is 0. The summed E-state index contributed by atoms with van der Waals surface area (Å²) in [4.78, 5) is 51.3. The van der Waals surface area contributed by atoms with Crippen molar-refractivity contribution in [3.05, 3.63) is 63.1 Å². The van der Waals surface area contributed by atoms with Gasteiger partial charge >= 0.3 is 5.97 Å². The normalized spacial score (nSPS) is 12.6. The number of likely N-dealkylation sites (N-methyl/N-ethyl adjacent to an activating group) is 1. The molecular formula is C21H18Cl2N2O6. The Morgan fingerprint density at radius 2 is 1.55 bits per heavy atom. The molecule has 3 amide bonds. The smallest absolute Gasteiger partial charge is 0.326 e. The first-order valence-corrected chi connectivity index (χ1v) is 9.84. The molecule has 8 nitrogen and oxygen atoms in total. The van der Waals surface area contributed by atoms with E-state index in [1.165, 1.54) is 17.0 Å². The van der Waals surface area contributed by atoms with Gasteiger partial charge in [-0.3, -0.25) is 24.1 Å². The maximum Gasteiger partial charge on any atom is 0.326 e. The monoisotopic (exact) mass is 464 g/mol. The Labute approximate surface area is 188 Å². The van der Waals surface area contributed by atoms with Crippen LogP contribution in [0.25, 0.3) is 0 Å². The van der Waals surface area contributed by atoms with Crippen LogP contribution in [0.2, 0.25) is 10.0 Å². The summed E-state index contributed by atoms with van der Waals surface area (Å²) in [6.45, 7) is -0.844. The number of halogens is 2. The Hall–Kier alpha value is -3.10. The molecule has 0 saturated heterocycles.